The Kier molecular flexibility index (Phi) is 4.58. The summed E-state index contributed by atoms with van der Waals surface area (Å²) in [7, 11) is 0. The molecule has 2 aliphatic heterocycles. The van der Waals surface area contributed by atoms with E-state index in [1.54, 1.807) is 11.3 Å². The molecule has 0 N–H and O–H groups in total. The van der Waals surface area contributed by atoms with Crippen molar-refractivity contribution in [1.29, 1.82) is 0 Å². The van der Waals surface area contributed by atoms with Crippen molar-refractivity contribution in [2.45, 2.75) is 52.1 Å². The van der Waals surface area contributed by atoms with E-state index in [0.717, 1.165) is 26.1 Å². The number of hydrogen-bond donors (Lipinski definition) is 0. The summed E-state index contributed by atoms with van der Waals surface area (Å²) in [5.74, 6) is 0.803. The molecule has 2 aromatic rings. The minimum absolute atomic E-state index is 0.249. The number of nitrogens with zero attached hydrogens (tertiary/aromatic N) is 4. The Morgan fingerprint density at radius 1 is 1.31 bits per heavy atom. The number of hydrogen-bond acceptors (Lipinski definition) is 6. The zero-order valence-electron chi connectivity index (χ0n) is 15.2. The predicted octanol–water partition coefficient (Wildman–Crippen LogP) is 1.30. The molecule has 7 nitrogen and oxygen atoms in total. The highest BCUT2D eigenvalue weighted by molar-refractivity contribution is 7.09. The number of thiophene rings is 1. The van der Waals surface area contributed by atoms with E-state index in [2.05, 4.69) is 27.5 Å². The summed E-state index contributed by atoms with van der Waals surface area (Å²) >= 11 is 1.75. The van der Waals surface area contributed by atoms with Crippen molar-refractivity contribution in [3.05, 3.63) is 48.9 Å². The van der Waals surface area contributed by atoms with Crippen LogP contribution in [0, 0.1) is 5.92 Å². The maximum Gasteiger partial charge on any atom is 0.332 e. The van der Waals surface area contributed by atoms with Gasteiger partial charge in [-0.1, -0.05) is 19.9 Å². The molecule has 0 aromatic carbocycles. The second-order valence-corrected chi connectivity index (χ2v) is 8.73. The van der Waals surface area contributed by atoms with Crippen LogP contribution < -0.4 is 11.1 Å². The van der Waals surface area contributed by atoms with Crippen molar-refractivity contribution in [3.63, 3.8) is 0 Å². The number of rotatable bonds is 4. The normalized spacial score (nSPS) is 23.0. The summed E-state index contributed by atoms with van der Waals surface area (Å²) in [4.78, 5) is 28.7. The molecule has 8 heteroatoms. The van der Waals surface area contributed by atoms with Crippen molar-refractivity contribution >= 4 is 11.3 Å². The molecule has 26 heavy (non-hydrogen) atoms. The zero-order valence-corrected chi connectivity index (χ0v) is 16.0. The van der Waals surface area contributed by atoms with Crippen LogP contribution in [-0.4, -0.2) is 37.9 Å². The van der Waals surface area contributed by atoms with E-state index in [1.165, 1.54) is 14.1 Å². The SMILES string of the molecule is CC(C)Cn1nc2n(c(=O)c1=O)C[C@@]1(CCN(Cc3cccs3)C1)OC2. The van der Waals surface area contributed by atoms with Gasteiger partial charge in [-0.25, -0.2) is 4.68 Å². The van der Waals surface area contributed by atoms with Crippen LogP contribution in [-0.2, 0) is 31.0 Å². The van der Waals surface area contributed by atoms with Crippen LogP contribution >= 0.6 is 11.3 Å². The molecule has 1 fully saturated rings. The van der Waals surface area contributed by atoms with Gasteiger partial charge in [0.1, 0.15) is 12.2 Å². The summed E-state index contributed by atoms with van der Waals surface area (Å²) in [5, 5.41) is 6.46. The molecule has 2 aromatic heterocycles. The maximum absolute atomic E-state index is 12.6. The number of fused-ring (bicyclic) bond motifs is 1. The van der Waals surface area contributed by atoms with Gasteiger partial charge in [-0.05, 0) is 23.8 Å². The topological polar surface area (TPSA) is 69.4 Å². The Hall–Kier alpha value is -1.77. The highest BCUT2D eigenvalue weighted by Gasteiger charge is 2.43. The molecule has 0 radical (unpaired) electrons. The lowest BCUT2D eigenvalue weighted by atomic mass is 10.0. The smallest absolute Gasteiger partial charge is 0.332 e. The molecule has 1 atom stereocenters. The molecule has 0 saturated carbocycles. The highest BCUT2D eigenvalue weighted by atomic mass is 32.1. The van der Waals surface area contributed by atoms with E-state index in [4.69, 9.17) is 4.74 Å². The third-order valence-electron chi connectivity index (χ3n) is 5.06. The second-order valence-electron chi connectivity index (χ2n) is 7.70. The first-order valence-corrected chi connectivity index (χ1v) is 9.93. The molecule has 0 aliphatic carbocycles. The predicted molar refractivity (Wildman–Crippen MR) is 99.3 cm³/mol. The van der Waals surface area contributed by atoms with Gasteiger partial charge in [0.2, 0.25) is 0 Å². The number of likely N-dealkylation sites (tertiary alicyclic amines) is 1. The van der Waals surface area contributed by atoms with Gasteiger partial charge in [0, 0.05) is 31.1 Å². The molecule has 1 spiro atoms. The summed E-state index contributed by atoms with van der Waals surface area (Å²) in [5.41, 5.74) is -1.41. The van der Waals surface area contributed by atoms with Gasteiger partial charge in [0.15, 0.2) is 5.82 Å². The molecule has 4 rings (SSSR count). The second kappa shape index (κ2) is 6.75. The Bertz CT molecular complexity index is 902. The first-order chi connectivity index (χ1) is 12.5. The van der Waals surface area contributed by atoms with Crippen LogP contribution in [0.4, 0.5) is 0 Å². The van der Waals surface area contributed by atoms with Crippen molar-refractivity contribution < 1.29 is 4.74 Å². The van der Waals surface area contributed by atoms with Crippen LogP contribution in [0.1, 0.15) is 31.0 Å². The quantitative estimate of drug-likeness (QED) is 0.753. The molecular weight excluding hydrogens is 352 g/mol. The minimum Gasteiger partial charge on any atom is -0.364 e. The molecule has 0 unspecified atom stereocenters. The summed E-state index contributed by atoms with van der Waals surface area (Å²) < 4.78 is 9.01. The molecule has 1 saturated heterocycles. The van der Waals surface area contributed by atoms with E-state index in [1.807, 2.05) is 13.8 Å². The van der Waals surface area contributed by atoms with Crippen LogP contribution in [0.2, 0.25) is 0 Å². The Labute approximate surface area is 155 Å². The van der Waals surface area contributed by atoms with Crippen molar-refractivity contribution in [2.24, 2.45) is 5.92 Å². The van der Waals surface area contributed by atoms with Gasteiger partial charge in [-0.3, -0.25) is 19.1 Å². The third kappa shape index (κ3) is 3.28. The van der Waals surface area contributed by atoms with Gasteiger partial charge >= 0.3 is 11.1 Å². The maximum atomic E-state index is 12.6. The fraction of sp³-hybridized carbons (Fsp3) is 0.611. The van der Waals surface area contributed by atoms with E-state index < -0.39 is 16.7 Å². The third-order valence-corrected chi connectivity index (χ3v) is 5.92. The van der Waals surface area contributed by atoms with Crippen LogP contribution in [0.3, 0.4) is 0 Å². The Morgan fingerprint density at radius 3 is 2.88 bits per heavy atom. The minimum atomic E-state index is -0.534. The number of aromatic nitrogens is 3. The average molecular weight is 376 g/mol. The fourth-order valence-corrected chi connectivity index (χ4v) is 4.55. The first-order valence-electron chi connectivity index (χ1n) is 9.05. The summed E-state index contributed by atoms with van der Waals surface area (Å²) in [6.07, 6.45) is 0.860. The highest BCUT2D eigenvalue weighted by Crippen LogP contribution is 2.32. The lowest BCUT2D eigenvalue weighted by molar-refractivity contribution is -0.0859. The van der Waals surface area contributed by atoms with E-state index in [0.29, 0.717) is 18.9 Å². The average Bonchev–Trinajstić information content (AvgIpc) is 3.24. The van der Waals surface area contributed by atoms with Crippen LogP contribution in [0.5, 0.6) is 0 Å². The van der Waals surface area contributed by atoms with Crippen LogP contribution in [0.15, 0.2) is 27.1 Å². The molecule has 0 amide bonds. The van der Waals surface area contributed by atoms with Crippen molar-refractivity contribution in [3.8, 4) is 0 Å². The molecule has 0 bridgehead atoms. The lowest BCUT2D eigenvalue weighted by Crippen LogP contribution is -2.53. The lowest BCUT2D eigenvalue weighted by Gasteiger charge is -2.35. The standard InChI is InChI=1S/C18H24N4O3S/c1-13(2)8-22-17(24)16(23)21-12-18(25-10-15(21)19-22)5-6-20(11-18)9-14-4-3-7-26-14/h3-4,7,13H,5-6,8-12H2,1-2H3/t18-/m0/s1. The van der Waals surface area contributed by atoms with Gasteiger partial charge in [0.25, 0.3) is 0 Å². The van der Waals surface area contributed by atoms with Gasteiger partial charge < -0.3 is 4.74 Å². The van der Waals surface area contributed by atoms with Crippen molar-refractivity contribution in [1.82, 2.24) is 19.2 Å². The number of ether oxygens (including phenoxy) is 1. The first kappa shape index (κ1) is 17.6. The van der Waals surface area contributed by atoms with E-state index in [-0.39, 0.29) is 12.5 Å². The largest absolute Gasteiger partial charge is 0.364 e. The molecular formula is C18H24N4O3S. The van der Waals surface area contributed by atoms with Gasteiger partial charge in [0.05, 0.1) is 6.54 Å². The zero-order chi connectivity index (χ0) is 18.3. The summed E-state index contributed by atoms with van der Waals surface area (Å²) in [6.45, 7) is 7.73. The van der Waals surface area contributed by atoms with Gasteiger partial charge in [-0.15, -0.1) is 11.3 Å². The van der Waals surface area contributed by atoms with Crippen molar-refractivity contribution in [2.75, 3.05) is 13.1 Å². The van der Waals surface area contributed by atoms with Gasteiger partial charge in [-0.2, -0.15) is 5.10 Å². The monoisotopic (exact) mass is 376 g/mol. The molecule has 140 valence electrons. The Balaban J connectivity index is 1.55. The van der Waals surface area contributed by atoms with Crippen LogP contribution in [0.25, 0.3) is 0 Å². The fourth-order valence-electron chi connectivity index (χ4n) is 3.80. The summed E-state index contributed by atoms with van der Waals surface area (Å²) in [6, 6.07) is 4.20. The van der Waals surface area contributed by atoms with E-state index in [9.17, 15) is 9.59 Å². The van der Waals surface area contributed by atoms with E-state index >= 15 is 0 Å². The molecule has 2 aliphatic rings. The Morgan fingerprint density at radius 2 is 2.15 bits per heavy atom. The molecule has 4 heterocycles.